The van der Waals surface area contributed by atoms with Crippen LogP contribution in [0.5, 0.6) is 11.5 Å². The summed E-state index contributed by atoms with van der Waals surface area (Å²) in [5.74, 6) is -0.994. The summed E-state index contributed by atoms with van der Waals surface area (Å²) in [5, 5.41) is 14.2. The summed E-state index contributed by atoms with van der Waals surface area (Å²) in [7, 11) is -1.91. The van der Waals surface area contributed by atoms with Gasteiger partial charge in [-0.1, -0.05) is 50.2 Å². The Bertz CT molecular complexity index is 4490. The molecule has 1 spiro atoms. The van der Waals surface area contributed by atoms with E-state index in [0.717, 1.165) is 72.4 Å². The number of sulfonamides is 1. The van der Waals surface area contributed by atoms with Crippen molar-refractivity contribution < 1.29 is 86.1 Å². The maximum absolute atomic E-state index is 13.3. The minimum Gasteiger partial charge on any atom is -0.486 e. The molecule has 6 heterocycles. The molecule has 1 saturated carbocycles. The average molecular weight is 1430 g/mol. The molecule has 7 amide bonds. The van der Waals surface area contributed by atoms with Crippen LogP contribution in [0.25, 0.3) is 16.7 Å². The number of benzene rings is 6. The highest BCUT2D eigenvalue weighted by Gasteiger charge is 2.45. The molecule has 28 heteroatoms. The lowest BCUT2D eigenvalue weighted by Crippen LogP contribution is -2.45. The Morgan fingerprint density at radius 1 is 0.564 bits per heavy atom. The van der Waals surface area contributed by atoms with Crippen LogP contribution in [0.4, 0.5) is 83.2 Å². The van der Waals surface area contributed by atoms with Gasteiger partial charge in [-0.05, 0) is 159 Å². The highest BCUT2D eigenvalue weighted by molar-refractivity contribution is 7.92. The van der Waals surface area contributed by atoms with E-state index in [9.17, 15) is 71.9 Å². The number of nitrogens with one attached hydrogen (secondary N) is 5. The molecular weight excluding hydrogens is 1350 g/mol. The highest BCUT2D eigenvalue weighted by atomic mass is 32.2. The van der Waals surface area contributed by atoms with Gasteiger partial charge in [-0.3, -0.25) is 18.7 Å². The summed E-state index contributed by atoms with van der Waals surface area (Å²) in [6, 6.07) is 25.4. The summed E-state index contributed by atoms with van der Waals surface area (Å²) in [6.07, 6.45) is -4.10. The zero-order valence-corrected chi connectivity index (χ0v) is 56.5. The van der Waals surface area contributed by atoms with E-state index in [4.69, 9.17) is 14.2 Å². The first-order valence-electron chi connectivity index (χ1n) is 32.9. The van der Waals surface area contributed by atoms with Crippen LogP contribution in [0.15, 0.2) is 127 Å². The van der Waals surface area contributed by atoms with Crippen molar-refractivity contribution in [3.05, 3.63) is 183 Å². The molecule has 0 aromatic heterocycles. The van der Waals surface area contributed by atoms with E-state index in [-0.39, 0.29) is 54.9 Å². The molecule has 18 nitrogen and oxygen atoms in total. The smallest absolute Gasteiger partial charge is 0.416 e. The second kappa shape index (κ2) is 28.7. The van der Waals surface area contributed by atoms with E-state index in [1.807, 2.05) is 27.7 Å². The molecule has 1 fully saturated rings. The van der Waals surface area contributed by atoms with Gasteiger partial charge in [0.05, 0.1) is 54.4 Å². The number of ether oxygens (including phenoxy) is 3. The van der Waals surface area contributed by atoms with Crippen molar-refractivity contribution in [2.75, 3.05) is 63.4 Å². The summed E-state index contributed by atoms with van der Waals surface area (Å²) in [6.45, 7) is 9.66. The minimum atomic E-state index is -4.49. The lowest BCUT2D eigenvalue weighted by molar-refractivity contribution is -0.138. The summed E-state index contributed by atoms with van der Waals surface area (Å²) in [4.78, 5) is 66.4. The first-order chi connectivity index (χ1) is 47.8. The zero-order chi connectivity index (χ0) is 72.6. The Kier molecular flexibility index (Phi) is 20.5. The van der Waals surface area contributed by atoms with Gasteiger partial charge in [0.25, 0.3) is 0 Å². The Labute approximate surface area is 577 Å². The topological polar surface area (TPSA) is 217 Å². The van der Waals surface area contributed by atoms with Gasteiger partial charge < -0.3 is 50.6 Å². The number of amides is 7. The second-order valence-corrected chi connectivity index (χ2v) is 27.6. The number of urea groups is 2. The number of rotatable bonds is 10. The first-order valence-corrected chi connectivity index (χ1v) is 34.5. The van der Waals surface area contributed by atoms with Crippen LogP contribution in [0, 0.1) is 0 Å². The molecule has 6 aliphatic heterocycles. The number of hydrogen-bond donors (Lipinski definition) is 5. The monoisotopic (exact) mass is 1420 g/mol. The molecule has 7 aliphatic rings. The zero-order valence-electron chi connectivity index (χ0n) is 55.7. The van der Waals surface area contributed by atoms with E-state index in [0.29, 0.717) is 131 Å². The van der Waals surface area contributed by atoms with Crippen LogP contribution < -0.4 is 40.4 Å². The summed E-state index contributed by atoms with van der Waals surface area (Å²) in [5.41, 5.74) is 5.93. The Balaban J connectivity index is 0.000000153. The number of alkyl halides is 9. The van der Waals surface area contributed by atoms with Crippen LogP contribution in [0.3, 0.4) is 0 Å². The van der Waals surface area contributed by atoms with E-state index >= 15 is 0 Å². The van der Waals surface area contributed by atoms with Crippen molar-refractivity contribution in [2.24, 2.45) is 0 Å². The molecule has 6 aromatic rings. The molecule has 0 radical (unpaired) electrons. The molecule has 6 aromatic carbocycles. The number of anilines is 6. The van der Waals surface area contributed by atoms with Crippen LogP contribution in [0.2, 0.25) is 0 Å². The Morgan fingerprint density at radius 3 is 1.50 bits per heavy atom. The second-order valence-electron chi connectivity index (χ2n) is 25.4. The molecule has 0 unspecified atom stereocenters. The van der Waals surface area contributed by atoms with Crippen molar-refractivity contribution in [3.63, 3.8) is 0 Å². The molecule has 5 N–H and O–H groups in total. The number of carbonyl (C=O) groups is 5. The average Bonchev–Trinajstić information content (AvgIpc) is 1.04. The van der Waals surface area contributed by atoms with Crippen molar-refractivity contribution in [1.82, 2.24) is 9.80 Å². The largest absolute Gasteiger partial charge is 0.486 e. The standard InChI is InChI=1S/C26H28F3N3O3.C25H24F3N3O3.C22H21F3N2O4S/c1-4-25(5-2)14-16(18-11-10-17(26(27,28)29)13-22(18)35-25)12-23(33)30-20-8-7-9-21-19(20)15-32(6-3)24(34)31-21;1-2-31-14-18-19(5-3-6-20(18)30-23(31)33)29-22(32)11-15-13-24(9-4-10-24)34-21-12-16(25(26,27)28)7-8-17(15)21;1-27-20-4-2-3-19(18(20)8-10-32(27,29)30)26-21(28)12-14-7-9-31-13-15-11-16(22(23,24)25)5-6-17(14)15/h7-13H,4-6,14-15H2,1-3H3,(H,30,33)(H,31,34);3,5-8,11-12H,2,4,9-10,13-14H2,1H3,(H,29,32)(H,30,33);2-6,11-12H,7-10,13H2,1H3,(H,26,28)/b16-12+;15-11+;14-12+. The fraction of sp³-hybridized carbons (Fsp3) is 0.356. The van der Waals surface area contributed by atoms with Gasteiger partial charge in [0, 0.05) is 107 Å². The molecule has 0 bridgehead atoms. The van der Waals surface area contributed by atoms with Gasteiger partial charge in [-0.25, -0.2) is 18.0 Å². The highest BCUT2D eigenvalue weighted by Crippen LogP contribution is 2.51. The lowest BCUT2D eigenvalue weighted by atomic mass is 9.72. The fourth-order valence-electron chi connectivity index (χ4n) is 13.3. The van der Waals surface area contributed by atoms with Crippen LogP contribution in [-0.4, -0.2) is 91.7 Å². The van der Waals surface area contributed by atoms with E-state index in [1.54, 1.807) is 64.4 Å². The third kappa shape index (κ3) is 15.9. The quantitative estimate of drug-likeness (QED) is 0.0646. The number of fused-ring (bicyclic) bond motifs is 6. The Morgan fingerprint density at radius 2 is 1.02 bits per heavy atom. The molecule has 13 rings (SSSR count). The van der Waals surface area contributed by atoms with Crippen LogP contribution in [0.1, 0.15) is 135 Å². The SMILES string of the molecule is CCN1Cc2c(NC(=O)/C=C3\CC(CC)(CC)Oc4cc(C(F)(F)F)ccc43)cccc2NC1=O.CCN1Cc2c(NC(=O)/C=C3\CC4(CCC4)Oc4cc(C(F)(F)F)ccc43)cccc2NC1=O.CN1c2cccc(NC(=O)/C=C3\CCOCc4cc(C(F)(F)F)ccc43)c2CCS1(=O)=O. The molecule has 0 saturated heterocycles. The fourth-order valence-corrected chi connectivity index (χ4v) is 14.5. The van der Waals surface area contributed by atoms with E-state index < -0.39 is 68.3 Å². The maximum atomic E-state index is 13.3. The van der Waals surface area contributed by atoms with Crippen molar-refractivity contribution >= 4 is 90.7 Å². The number of carbonyl (C=O) groups excluding carboxylic acids is 5. The molecule has 534 valence electrons. The summed E-state index contributed by atoms with van der Waals surface area (Å²) < 4.78 is 162. The third-order valence-electron chi connectivity index (χ3n) is 19.2. The number of halogens is 9. The molecule has 0 atom stereocenters. The van der Waals surface area contributed by atoms with Gasteiger partial charge in [0.1, 0.15) is 22.7 Å². The first kappa shape index (κ1) is 72.4. The van der Waals surface area contributed by atoms with Crippen molar-refractivity contribution in [1.29, 1.82) is 0 Å². The van der Waals surface area contributed by atoms with Crippen molar-refractivity contribution in [2.45, 2.75) is 135 Å². The van der Waals surface area contributed by atoms with Gasteiger partial charge >= 0.3 is 30.6 Å². The van der Waals surface area contributed by atoms with Gasteiger partial charge in [-0.15, -0.1) is 0 Å². The minimum absolute atomic E-state index is 0.0330. The lowest BCUT2D eigenvalue weighted by Gasteiger charge is -2.46. The van der Waals surface area contributed by atoms with E-state index in [1.165, 1.54) is 47.8 Å². The van der Waals surface area contributed by atoms with E-state index in [2.05, 4.69) is 26.6 Å². The third-order valence-corrected chi connectivity index (χ3v) is 20.9. The predicted octanol–water partition coefficient (Wildman–Crippen LogP) is 16.2. The maximum Gasteiger partial charge on any atom is 0.416 e. The molecule has 101 heavy (non-hydrogen) atoms. The van der Waals surface area contributed by atoms with Crippen molar-refractivity contribution in [3.8, 4) is 11.5 Å². The molecule has 1 aliphatic carbocycles. The normalized spacial score (nSPS) is 18.8. The van der Waals surface area contributed by atoms with Gasteiger partial charge in [-0.2, -0.15) is 39.5 Å². The Hall–Kier alpha value is -9.83. The molecular formula is C73H73F9N8O10S. The van der Waals surface area contributed by atoms with Crippen LogP contribution in [-0.2, 0) is 73.8 Å². The van der Waals surface area contributed by atoms with Gasteiger partial charge in [0.2, 0.25) is 27.7 Å². The van der Waals surface area contributed by atoms with Gasteiger partial charge in [0.15, 0.2) is 0 Å². The summed E-state index contributed by atoms with van der Waals surface area (Å²) >= 11 is 0. The van der Waals surface area contributed by atoms with Crippen LogP contribution >= 0.6 is 0 Å². The number of hydrogen-bond acceptors (Lipinski definition) is 10. The predicted molar refractivity (Wildman–Crippen MR) is 364 cm³/mol. The number of nitrogens with zero attached hydrogens (tertiary/aromatic N) is 3.